The summed E-state index contributed by atoms with van der Waals surface area (Å²) < 4.78 is 24.3. The normalized spacial score (nSPS) is 16.9. The fourth-order valence-corrected chi connectivity index (χ4v) is 2.57. The van der Waals surface area contributed by atoms with Gasteiger partial charge in [0.25, 0.3) is 0 Å². The fraction of sp³-hybridized carbons (Fsp3) is 0.412. The maximum Gasteiger partial charge on any atom is 0.229 e. The molecule has 6 nitrogen and oxygen atoms in total. The van der Waals surface area contributed by atoms with E-state index in [2.05, 4.69) is 20.6 Å². The minimum Gasteiger partial charge on any atom is -0.494 e. The van der Waals surface area contributed by atoms with Gasteiger partial charge < -0.3 is 20.1 Å². The predicted octanol–water partition coefficient (Wildman–Crippen LogP) is 3.27. The summed E-state index contributed by atoms with van der Waals surface area (Å²) in [6, 6.07) is 4.62. The Bertz CT molecular complexity index is 705. The van der Waals surface area contributed by atoms with Gasteiger partial charge in [-0.2, -0.15) is 4.98 Å². The molecule has 1 fully saturated rings. The highest BCUT2D eigenvalue weighted by atomic mass is 19.1. The van der Waals surface area contributed by atoms with Gasteiger partial charge in [-0.05, 0) is 31.9 Å². The summed E-state index contributed by atoms with van der Waals surface area (Å²) in [5.41, 5.74) is 1.50. The van der Waals surface area contributed by atoms with Crippen molar-refractivity contribution in [1.82, 2.24) is 9.97 Å². The van der Waals surface area contributed by atoms with Crippen LogP contribution in [0.1, 0.15) is 18.4 Å². The molecule has 1 aromatic heterocycles. The van der Waals surface area contributed by atoms with E-state index in [9.17, 15) is 4.39 Å². The molecule has 1 aliphatic rings. The summed E-state index contributed by atoms with van der Waals surface area (Å²) >= 11 is 0. The van der Waals surface area contributed by atoms with E-state index in [1.54, 1.807) is 18.3 Å². The van der Waals surface area contributed by atoms with Crippen molar-refractivity contribution in [2.75, 3.05) is 30.9 Å². The van der Waals surface area contributed by atoms with Crippen molar-refractivity contribution in [2.24, 2.45) is 0 Å². The van der Waals surface area contributed by atoms with Crippen LogP contribution in [0.15, 0.2) is 24.4 Å². The van der Waals surface area contributed by atoms with Gasteiger partial charge in [-0.1, -0.05) is 0 Å². The van der Waals surface area contributed by atoms with Gasteiger partial charge in [0, 0.05) is 36.7 Å². The Morgan fingerprint density at radius 3 is 3.00 bits per heavy atom. The second-order valence-electron chi connectivity index (χ2n) is 5.72. The molecule has 2 heterocycles. The predicted molar refractivity (Wildman–Crippen MR) is 90.5 cm³/mol. The highest BCUT2D eigenvalue weighted by Gasteiger charge is 2.16. The lowest BCUT2D eigenvalue weighted by atomic mass is 10.2. The van der Waals surface area contributed by atoms with Crippen molar-refractivity contribution in [3.8, 4) is 5.75 Å². The minimum atomic E-state index is -0.439. The summed E-state index contributed by atoms with van der Waals surface area (Å²) in [5.74, 6) is 0.910. The van der Waals surface area contributed by atoms with Crippen LogP contribution >= 0.6 is 0 Å². The van der Waals surface area contributed by atoms with Crippen LogP contribution in [0.25, 0.3) is 0 Å². The topological polar surface area (TPSA) is 68.3 Å². The van der Waals surface area contributed by atoms with Crippen LogP contribution in [0.5, 0.6) is 5.75 Å². The number of aromatic nitrogens is 2. The number of methoxy groups -OCH3 is 1. The molecule has 0 saturated carbocycles. The van der Waals surface area contributed by atoms with Crippen LogP contribution in [-0.2, 0) is 4.74 Å². The average Bonchev–Trinajstić information content (AvgIpc) is 3.09. The second-order valence-corrected chi connectivity index (χ2v) is 5.72. The molecule has 2 aromatic rings. The third-order valence-corrected chi connectivity index (χ3v) is 3.90. The van der Waals surface area contributed by atoms with Gasteiger partial charge in [0.15, 0.2) is 11.6 Å². The van der Waals surface area contributed by atoms with Gasteiger partial charge in [-0.3, -0.25) is 0 Å². The van der Waals surface area contributed by atoms with Crippen LogP contribution in [0, 0.1) is 12.7 Å². The van der Waals surface area contributed by atoms with E-state index in [-0.39, 0.29) is 11.9 Å². The third-order valence-electron chi connectivity index (χ3n) is 3.90. The summed E-state index contributed by atoms with van der Waals surface area (Å²) in [6.45, 7) is 3.48. The standard InChI is InChI=1S/C17H21FN4O2/c1-11-9-20-17(21-12-5-6-15(23-2)14(18)8-12)22-16(11)19-10-13-4-3-7-24-13/h5-6,8-9,13H,3-4,7,10H2,1-2H3,(H2,19,20,21,22). The largest absolute Gasteiger partial charge is 0.494 e. The Hall–Kier alpha value is -2.41. The van der Waals surface area contributed by atoms with E-state index in [0.29, 0.717) is 18.2 Å². The van der Waals surface area contributed by atoms with Gasteiger partial charge in [-0.25, -0.2) is 9.37 Å². The van der Waals surface area contributed by atoms with Crippen molar-refractivity contribution >= 4 is 17.5 Å². The van der Waals surface area contributed by atoms with Gasteiger partial charge in [0.2, 0.25) is 5.95 Å². The number of ether oxygens (including phenoxy) is 2. The van der Waals surface area contributed by atoms with Crippen molar-refractivity contribution in [3.05, 3.63) is 35.8 Å². The first-order valence-electron chi connectivity index (χ1n) is 7.95. The molecule has 0 radical (unpaired) electrons. The number of nitrogens with one attached hydrogen (secondary N) is 2. The van der Waals surface area contributed by atoms with Crippen molar-refractivity contribution in [2.45, 2.75) is 25.9 Å². The summed E-state index contributed by atoms with van der Waals surface area (Å²) in [7, 11) is 1.43. The number of benzene rings is 1. The third kappa shape index (κ3) is 3.91. The lowest BCUT2D eigenvalue weighted by molar-refractivity contribution is 0.120. The van der Waals surface area contributed by atoms with E-state index in [0.717, 1.165) is 30.8 Å². The highest BCUT2D eigenvalue weighted by Crippen LogP contribution is 2.23. The zero-order chi connectivity index (χ0) is 16.9. The number of halogens is 1. The number of hydrogen-bond donors (Lipinski definition) is 2. The van der Waals surface area contributed by atoms with Crippen molar-refractivity contribution in [3.63, 3.8) is 0 Å². The Morgan fingerprint density at radius 1 is 1.42 bits per heavy atom. The average molecular weight is 332 g/mol. The molecule has 0 bridgehead atoms. The number of hydrogen-bond acceptors (Lipinski definition) is 6. The highest BCUT2D eigenvalue weighted by molar-refractivity contribution is 5.57. The Kier molecular flexibility index (Phi) is 5.10. The first kappa shape index (κ1) is 16.4. The Labute approximate surface area is 140 Å². The molecule has 1 atom stereocenters. The van der Waals surface area contributed by atoms with Gasteiger partial charge in [-0.15, -0.1) is 0 Å². The smallest absolute Gasteiger partial charge is 0.229 e. The van der Waals surface area contributed by atoms with Crippen LogP contribution in [0.3, 0.4) is 0 Å². The lowest BCUT2D eigenvalue weighted by Crippen LogP contribution is -2.19. The first-order chi connectivity index (χ1) is 11.7. The quantitative estimate of drug-likeness (QED) is 0.846. The zero-order valence-electron chi connectivity index (χ0n) is 13.8. The van der Waals surface area contributed by atoms with E-state index in [4.69, 9.17) is 9.47 Å². The molecule has 7 heteroatoms. The van der Waals surface area contributed by atoms with Crippen molar-refractivity contribution in [1.29, 1.82) is 0 Å². The summed E-state index contributed by atoms with van der Waals surface area (Å²) in [4.78, 5) is 8.70. The van der Waals surface area contributed by atoms with Crippen LogP contribution < -0.4 is 15.4 Å². The molecular formula is C17H21FN4O2. The molecule has 1 aromatic carbocycles. The van der Waals surface area contributed by atoms with Crippen LogP contribution in [0.4, 0.5) is 21.8 Å². The molecule has 1 aliphatic heterocycles. The number of nitrogens with zero attached hydrogens (tertiary/aromatic N) is 2. The van der Waals surface area contributed by atoms with E-state index >= 15 is 0 Å². The van der Waals surface area contributed by atoms with E-state index < -0.39 is 5.82 Å². The summed E-state index contributed by atoms with van der Waals surface area (Å²) in [6.07, 6.45) is 4.12. The minimum absolute atomic E-state index is 0.198. The maximum absolute atomic E-state index is 13.8. The van der Waals surface area contributed by atoms with Crippen molar-refractivity contribution < 1.29 is 13.9 Å². The number of rotatable bonds is 6. The molecule has 1 unspecified atom stereocenters. The Balaban J connectivity index is 1.69. The zero-order valence-corrected chi connectivity index (χ0v) is 13.8. The molecule has 2 N–H and O–H groups in total. The van der Waals surface area contributed by atoms with Crippen LogP contribution in [0.2, 0.25) is 0 Å². The van der Waals surface area contributed by atoms with E-state index in [1.807, 2.05) is 6.92 Å². The lowest BCUT2D eigenvalue weighted by Gasteiger charge is -2.14. The maximum atomic E-state index is 13.8. The summed E-state index contributed by atoms with van der Waals surface area (Å²) in [5, 5.41) is 6.30. The molecule has 0 amide bonds. The number of aryl methyl sites for hydroxylation is 1. The SMILES string of the molecule is COc1ccc(Nc2ncc(C)c(NCC3CCCO3)n2)cc1F. The van der Waals surface area contributed by atoms with Crippen LogP contribution in [-0.4, -0.2) is 36.3 Å². The molecule has 128 valence electrons. The molecule has 3 rings (SSSR count). The van der Waals surface area contributed by atoms with Gasteiger partial charge >= 0.3 is 0 Å². The molecular weight excluding hydrogens is 311 g/mol. The fourth-order valence-electron chi connectivity index (χ4n) is 2.57. The first-order valence-corrected chi connectivity index (χ1v) is 7.95. The molecule has 24 heavy (non-hydrogen) atoms. The monoisotopic (exact) mass is 332 g/mol. The molecule has 0 aliphatic carbocycles. The van der Waals surface area contributed by atoms with Gasteiger partial charge in [0.05, 0.1) is 13.2 Å². The number of anilines is 3. The second kappa shape index (κ2) is 7.44. The molecule has 1 saturated heterocycles. The molecule has 0 spiro atoms. The van der Waals surface area contributed by atoms with E-state index in [1.165, 1.54) is 13.2 Å². The Morgan fingerprint density at radius 2 is 2.29 bits per heavy atom. The van der Waals surface area contributed by atoms with Gasteiger partial charge in [0.1, 0.15) is 5.82 Å².